The van der Waals surface area contributed by atoms with Crippen LogP contribution in [0, 0.1) is 6.92 Å². The number of benzene rings is 3. The van der Waals surface area contributed by atoms with Crippen molar-refractivity contribution in [3.8, 4) is 11.5 Å². The third-order valence-corrected chi connectivity index (χ3v) is 6.64. The van der Waals surface area contributed by atoms with E-state index >= 15 is 0 Å². The highest BCUT2D eigenvalue weighted by Gasteiger charge is 2.48. The molecule has 1 aromatic heterocycles. The van der Waals surface area contributed by atoms with Crippen molar-refractivity contribution in [1.29, 1.82) is 0 Å². The van der Waals surface area contributed by atoms with Gasteiger partial charge in [-0.2, -0.15) is 0 Å². The molecule has 0 aliphatic carbocycles. The number of ether oxygens (including phenoxy) is 1. The van der Waals surface area contributed by atoms with E-state index in [1.807, 2.05) is 31.2 Å². The molecule has 0 saturated carbocycles. The van der Waals surface area contributed by atoms with Crippen molar-refractivity contribution in [2.75, 3.05) is 4.90 Å². The van der Waals surface area contributed by atoms with E-state index in [0.29, 0.717) is 28.6 Å². The fraction of sp³-hybridized carbons (Fsp3) is 0.107. The molecule has 180 valence electrons. The van der Waals surface area contributed by atoms with Gasteiger partial charge in [-0.3, -0.25) is 14.5 Å². The Morgan fingerprint density at radius 1 is 1.06 bits per heavy atom. The number of aromatic hydroxyl groups is 1. The summed E-state index contributed by atoms with van der Waals surface area (Å²) in [6.45, 7) is 2.41. The van der Waals surface area contributed by atoms with Gasteiger partial charge in [-0.05, 0) is 54.4 Å². The number of carbonyl (C=O) groups excluding carboxylic acids is 2. The van der Waals surface area contributed by atoms with E-state index in [1.54, 1.807) is 41.8 Å². The van der Waals surface area contributed by atoms with E-state index in [9.17, 15) is 19.8 Å². The number of ketones is 1. The van der Waals surface area contributed by atoms with Gasteiger partial charge in [0.05, 0.1) is 11.6 Å². The molecule has 0 bridgehead atoms. The van der Waals surface area contributed by atoms with E-state index < -0.39 is 17.7 Å². The molecule has 4 aromatic rings. The summed E-state index contributed by atoms with van der Waals surface area (Å²) in [6.07, 6.45) is 1.54. The molecule has 1 aliphatic heterocycles. The molecule has 36 heavy (non-hydrogen) atoms. The minimum atomic E-state index is -0.944. The van der Waals surface area contributed by atoms with Gasteiger partial charge in [0.15, 0.2) is 5.13 Å². The molecule has 2 heterocycles. The van der Waals surface area contributed by atoms with Gasteiger partial charge in [-0.25, -0.2) is 4.98 Å². The number of phenols is 1. The number of aliphatic hydroxyl groups is 1. The average Bonchev–Trinajstić information content (AvgIpc) is 3.49. The van der Waals surface area contributed by atoms with Crippen molar-refractivity contribution in [3.63, 3.8) is 0 Å². The third-order valence-electron chi connectivity index (χ3n) is 5.87. The smallest absolute Gasteiger partial charge is 0.301 e. The summed E-state index contributed by atoms with van der Waals surface area (Å²) >= 11 is 1.20. The first kappa shape index (κ1) is 23.3. The van der Waals surface area contributed by atoms with Crippen LogP contribution in [0.4, 0.5) is 5.13 Å². The van der Waals surface area contributed by atoms with Crippen LogP contribution in [0.25, 0.3) is 5.76 Å². The molecule has 0 radical (unpaired) electrons. The minimum Gasteiger partial charge on any atom is -0.508 e. The Hall–Kier alpha value is -4.43. The van der Waals surface area contributed by atoms with Crippen molar-refractivity contribution in [1.82, 2.24) is 4.98 Å². The fourth-order valence-corrected chi connectivity index (χ4v) is 4.88. The molecule has 2 N–H and O–H groups in total. The van der Waals surface area contributed by atoms with Crippen LogP contribution in [0.15, 0.2) is 89.9 Å². The molecular weight excluding hydrogens is 476 g/mol. The number of anilines is 1. The number of aryl methyl sites for hydroxylation is 1. The van der Waals surface area contributed by atoms with Crippen molar-refractivity contribution in [2.24, 2.45) is 0 Å². The van der Waals surface area contributed by atoms with Crippen molar-refractivity contribution in [3.05, 3.63) is 112 Å². The Kier molecular flexibility index (Phi) is 6.26. The SMILES string of the molecule is Cc1cccc(COc2ccc(/C(O)=C3\C(=O)C(=O)N(c4nccs4)[C@H]3c3cccc(O)c3)cc2)c1. The van der Waals surface area contributed by atoms with Gasteiger partial charge >= 0.3 is 5.91 Å². The topological polar surface area (TPSA) is 100.0 Å². The summed E-state index contributed by atoms with van der Waals surface area (Å²) in [5.74, 6) is -1.35. The molecule has 8 heteroatoms. The zero-order valence-electron chi connectivity index (χ0n) is 19.3. The normalized spacial score (nSPS) is 16.9. The number of aromatic nitrogens is 1. The maximum absolute atomic E-state index is 13.1. The van der Waals surface area contributed by atoms with Crippen molar-refractivity contribution in [2.45, 2.75) is 19.6 Å². The second-order valence-corrected chi connectivity index (χ2v) is 9.25. The summed E-state index contributed by atoms with van der Waals surface area (Å²) in [4.78, 5) is 31.6. The van der Waals surface area contributed by atoms with Crippen molar-refractivity contribution >= 4 is 33.9 Å². The molecule has 7 nitrogen and oxygen atoms in total. The number of Topliss-reactive ketones (excluding diaryl/α,β-unsaturated/α-hetero) is 1. The molecule has 0 unspecified atom stereocenters. The molecule has 1 atom stereocenters. The Labute approximate surface area is 211 Å². The van der Waals surface area contributed by atoms with E-state index in [2.05, 4.69) is 4.98 Å². The van der Waals surface area contributed by atoms with Crippen molar-refractivity contribution < 1.29 is 24.5 Å². The monoisotopic (exact) mass is 498 g/mol. The van der Waals surface area contributed by atoms with Crippen LogP contribution >= 0.6 is 11.3 Å². The summed E-state index contributed by atoms with van der Waals surface area (Å²) in [5, 5.41) is 23.3. The Morgan fingerprint density at radius 3 is 2.53 bits per heavy atom. The summed E-state index contributed by atoms with van der Waals surface area (Å²) in [5.41, 5.74) is 2.95. The molecule has 5 rings (SSSR count). The number of amides is 1. The van der Waals surface area contributed by atoms with Crippen LogP contribution in [-0.4, -0.2) is 26.9 Å². The molecule has 1 amide bonds. The quantitative estimate of drug-likeness (QED) is 0.211. The number of hydrogen-bond acceptors (Lipinski definition) is 7. The van der Waals surface area contributed by atoms with Gasteiger partial charge in [-0.1, -0.05) is 42.0 Å². The largest absolute Gasteiger partial charge is 0.508 e. The maximum Gasteiger partial charge on any atom is 0.301 e. The Bertz CT molecular complexity index is 1460. The standard InChI is InChI=1S/C28H22N2O5S/c1-17-4-2-5-18(14-17)16-35-22-10-8-19(9-11-22)25(32)23-24(20-6-3-7-21(31)15-20)30(27(34)26(23)33)28-29-12-13-36-28/h2-15,24,31-32H,16H2,1H3/b25-23+/t24-/m0/s1. The lowest BCUT2D eigenvalue weighted by Crippen LogP contribution is -2.29. The highest BCUT2D eigenvalue weighted by Crippen LogP contribution is 2.43. The van der Waals surface area contributed by atoms with Gasteiger partial charge in [0.25, 0.3) is 5.78 Å². The first-order valence-electron chi connectivity index (χ1n) is 11.2. The highest BCUT2D eigenvalue weighted by atomic mass is 32.1. The summed E-state index contributed by atoms with van der Waals surface area (Å²) in [7, 11) is 0. The lowest BCUT2D eigenvalue weighted by molar-refractivity contribution is -0.132. The van der Waals surface area contributed by atoms with Gasteiger partial charge in [0.2, 0.25) is 0 Å². The number of phenolic OH excluding ortho intramolecular Hbond substituents is 1. The van der Waals surface area contributed by atoms with Gasteiger partial charge in [0, 0.05) is 17.1 Å². The number of hydrogen-bond donors (Lipinski definition) is 2. The van der Waals surface area contributed by atoms with Crippen LogP contribution in [0.2, 0.25) is 0 Å². The fourth-order valence-electron chi connectivity index (χ4n) is 4.21. The van der Waals surface area contributed by atoms with Gasteiger partial charge in [0.1, 0.15) is 23.9 Å². The van der Waals surface area contributed by atoms with Crippen LogP contribution in [0.5, 0.6) is 11.5 Å². The van der Waals surface area contributed by atoms with E-state index in [4.69, 9.17) is 4.74 Å². The Balaban J connectivity index is 1.49. The minimum absolute atomic E-state index is 0.0210. The summed E-state index contributed by atoms with van der Waals surface area (Å²) < 4.78 is 5.85. The average molecular weight is 499 g/mol. The molecule has 3 aromatic carbocycles. The van der Waals surface area contributed by atoms with Crippen LogP contribution in [0.1, 0.15) is 28.3 Å². The maximum atomic E-state index is 13.1. The zero-order chi connectivity index (χ0) is 25.2. The number of rotatable bonds is 6. The van der Waals surface area contributed by atoms with Gasteiger partial charge in [-0.15, -0.1) is 11.3 Å². The van der Waals surface area contributed by atoms with Crippen LogP contribution in [-0.2, 0) is 16.2 Å². The molecular formula is C28H22N2O5S. The third kappa shape index (κ3) is 4.46. The second kappa shape index (κ2) is 9.67. The second-order valence-electron chi connectivity index (χ2n) is 8.38. The summed E-state index contributed by atoms with van der Waals surface area (Å²) in [6, 6.07) is 20.0. The lowest BCUT2D eigenvalue weighted by atomic mass is 9.95. The highest BCUT2D eigenvalue weighted by molar-refractivity contribution is 7.14. The predicted molar refractivity (Wildman–Crippen MR) is 137 cm³/mol. The Morgan fingerprint density at radius 2 is 1.83 bits per heavy atom. The molecule has 1 saturated heterocycles. The number of aliphatic hydroxyl groups excluding tert-OH is 1. The molecule has 1 aliphatic rings. The predicted octanol–water partition coefficient (Wildman–Crippen LogP) is 5.36. The van der Waals surface area contributed by atoms with E-state index in [0.717, 1.165) is 11.1 Å². The van der Waals surface area contributed by atoms with E-state index in [-0.39, 0.29) is 17.1 Å². The first-order valence-corrected chi connectivity index (χ1v) is 12.1. The molecule has 0 spiro atoms. The van der Waals surface area contributed by atoms with E-state index in [1.165, 1.54) is 34.6 Å². The first-order chi connectivity index (χ1) is 17.4. The zero-order valence-corrected chi connectivity index (χ0v) is 20.1. The van der Waals surface area contributed by atoms with Crippen LogP contribution < -0.4 is 9.64 Å². The number of carbonyl (C=O) groups is 2. The number of nitrogens with zero attached hydrogens (tertiary/aromatic N) is 2. The molecule has 1 fully saturated rings. The van der Waals surface area contributed by atoms with Crippen LogP contribution in [0.3, 0.4) is 0 Å². The van der Waals surface area contributed by atoms with Gasteiger partial charge < -0.3 is 14.9 Å². The number of thiazole rings is 1. The lowest BCUT2D eigenvalue weighted by Gasteiger charge is -2.23.